The third kappa shape index (κ3) is 5.79. The van der Waals surface area contributed by atoms with Gasteiger partial charge in [-0.2, -0.15) is 4.98 Å². The van der Waals surface area contributed by atoms with Gasteiger partial charge in [-0.1, -0.05) is 42.8 Å². The van der Waals surface area contributed by atoms with Crippen molar-refractivity contribution in [3.8, 4) is 0 Å². The van der Waals surface area contributed by atoms with Crippen LogP contribution in [0.1, 0.15) is 42.4 Å². The van der Waals surface area contributed by atoms with Gasteiger partial charge in [0.05, 0.1) is 5.76 Å². The lowest BCUT2D eigenvalue weighted by Crippen LogP contribution is -2.49. The fraction of sp³-hybridized carbons (Fsp3) is 0.400. The summed E-state index contributed by atoms with van der Waals surface area (Å²) < 4.78 is 16.6. The molecular formula is C30H34ClFN6O3. The lowest BCUT2D eigenvalue weighted by molar-refractivity contribution is -0.131. The number of hydrogen-bond donors (Lipinski definition) is 2. The van der Waals surface area contributed by atoms with Crippen LogP contribution in [-0.4, -0.2) is 83.5 Å². The Morgan fingerprint density at radius 2 is 1.90 bits per heavy atom. The van der Waals surface area contributed by atoms with Crippen LogP contribution in [0.3, 0.4) is 0 Å². The second-order valence-corrected chi connectivity index (χ2v) is 11.0. The number of fused-ring (bicyclic) bond motifs is 2. The fourth-order valence-electron chi connectivity index (χ4n) is 5.47. The number of carbonyl (C=O) groups is 2. The van der Waals surface area contributed by atoms with Gasteiger partial charge >= 0.3 is 0 Å². The van der Waals surface area contributed by atoms with Gasteiger partial charge in [-0.05, 0) is 23.3 Å². The molecule has 2 N–H and O–H groups in total. The van der Waals surface area contributed by atoms with Crippen LogP contribution in [-0.2, 0) is 16.0 Å². The maximum atomic E-state index is 16.6. The van der Waals surface area contributed by atoms with E-state index in [0.29, 0.717) is 50.2 Å². The normalized spacial score (nSPS) is 16.8. The summed E-state index contributed by atoms with van der Waals surface area (Å²) in [6, 6.07) is 9.29. The van der Waals surface area contributed by atoms with Gasteiger partial charge in [0.25, 0.3) is 0 Å². The van der Waals surface area contributed by atoms with Crippen molar-refractivity contribution >= 4 is 46.1 Å². The summed E-state index contributed by atoms with van der Waals surface area (Å²) in [7, 11) is 3.37. The van der Waals surface area contributed by atoms with E-state index in [2.05, 4.69) is 10.3 Å². The molecule has 1 fully saturated rings. The lowest BCUT2D eigenvalue weighted by Gasteiger charge is -2.36. The molecule has 0 spiro atoms. The standard InChI is InChI=1S/C30H34ClFN6O3/c1-4-24(40)37-11-13-38(14-12-37)29-22-17-23(31)26(21-16-19(39)15-18-7-5-6-8-20(18)21)27(32)28(22)34-30(35-29)33-10-9-25(41)36(2)3/h5-8,16-17,21,39H,4,9-15H2,1-3H3,(H,33,34,35)/t21-/m0/s1. The number of aliphatic hydroxyl groups is 1. The van der Waals surface area contributed by atoms with Crippen molar-refractivity contribution in [3.05, 3.63) is 69.7 Å². The predicted octanol–water partition coefficient (Wildman–Crippen LogP) is 4.50. The first-order valence-corrected chi connectivity index (χ1v) is 14.2. The van der Waals surface area contributed by atoms with Gasteiger partial charge in [0.1, 0.15) is 11.3 Å². The minimum atomic E-state index is -0.590. The quantitative estimate of drug-likeness (QED) is 0.424. The van der Waals surface area contributed by atoms with Gasteiger partial charge < -0.3 is 25.1 Å². The Hall–Kier alpha value is -3.92. The van der Waals surface area contributed by atoms with Gasteiger partial charge in [-0.15, -0.1) is 0 Å². The van der Waals surface area contributed by atoms with Crippen LogP contribution in [0.5, 0.6) is 0 Å². The molecule has 1 aromatic heterocycles. The smallest absolute Gasteiger partial charge is 0.225 e. The molecule has 0 bridgehead atoms. The number of rotatable bonds is 7. The third-order valence-electron chi connectivity index (χ3n) is 7.69. The lowest BCUT2D eigenvalue weighted by atomic mass is 9.82. The van der Waals surface area contributed by atoms with Gasteiger partial charge in [-0.25, -0.2) is 9.37 Å². The topological polar surface area (TPSA) is 102 Å². The van der Waals surface area contributed by atoms with Gasteiger partial charge in [0.15, 0.2) is 5.82 Å². The van der Waals surface area contributed by atoms with Gasteiger partial charge in [0.2, 0.25) is 17.8 Å². The summed E-state index contributed by atoms with van der Waals surface area (Å²) in [4.78, 5) is 39.0. The van der Waals surface area contributed by atoms with Crippen molar-refractivity contribution in [1.82, 2.24) is 19.8 Å². The van der Waals surface area contributed by atoms with E-state index in [4.69, 9.17) is 16.6 Å². The van der Waals surface area contributed by atoms with Crippen LogP contribution in [0.4, 0.5) is 16.2 Å². The Morgan fingerprint density at radius 3 is 2.61 bits per heavy atom. The van der Waals surface area contributed by atoms with E-state index in [9.17, 15) is 14.7 Å². The molecule has 11 heteroatoms. The first kappa shape index (κ1) is 28.6. The molecular weight excluding hydrogens is 547 g/mol. The molecule has 1 aliphatic carbocycles. The zero-order valence-corrected chi connectivity index (χ0v) is 24.2. The SMILES string of the molecule is CCC(=O)N1CCN(c2nc(NCCC(=O)N(C)C)nc3c(F)c([C@H]4C=C(O)Cc5ccccc54)c(Cl)cc23)CC1. The number of carbonyl (C=O) groups excluding carboxylic acids is 2. The number of amides is 2. The third-order valence-corrected chi connectivity index (χ3v) is 8.00. The molecule has 9 nitrogen and oxygen atoms in total. The monoisotopic (exact) mass is 580 g/mol. The Bertz CT molecular complexity index is 1520. The molecule has 3 aromatic rings. The minimum absolute atomic E-state index is 0.0574. The summed E-state index contributed by atoms with van der Waals surface area (Å²) in [6.45, 7) is 4.20. The Labute approximate surface area is 243 Å². The summed E-state index contributed by atoms with van der Waals surface area (Å²) in [5, 5.41) is 14.3. The first-order chi connectivity index (χ1) is 19.7. The van der Waals surface area contributed by atoms with Crippen LogP contribution in [0.2, 0.25) is 5.02 Å². The van der Waals surface area contributed by atoms with Crippen LogP contribution in [0, 0.1) is 5.82 Å². The fourth-order valence-corrected chi connectivity index (χ4v) is 5.78. The van der Waals surface area contributed by atoms with Gasteiger partial charge in [-0.3, -0.25) is 9.59 Å². The average Bonchev–Trinajstić information content (AvgIpc) is 2.96. The van der Waals surface area contributed by atoms with E-state index in [1.54, 1.807) is 26.2 Å². The molecule has 1 saturated heterocycles. The first-order valence-electron chi connectivity index (χ1n) is 13.8. The number of nitrogens with one attached hydrogen (secondary N) is 1. The molecule has 2 aliphatic rings. The number of allylic oxidation sites excluding steroid dienone is 2. The van der Waals surface area contributed by atoms with E-state index < -0.39 is 11.7 Å². The number of aliphatic hydroxyl groups excluding tert-OH is 1. The number of piperazine rings is 1. The molecule has 1 atom stereocenters. The molecule has 41 heavy (non-hydrogen) atoms. The number of anilines is 2. The molecule has 2 amide bonds. The van der Waals surface area contributed by atoms with E-state index >= 15 is 4.39 Å². The Morgan fingerprint density at radius 1 is 1.17 bits per heavy atom. The molecule has 2 heterocycles. The highest BCUT2D eigenvalue weighted by atomic mass is 35.5. The number of halogens is 2. The van der Waals surface area contributed by atoms with Crippen molar-refractivity contribution in [2.75, 3.05) is 57.0 Å². The summed E-state index contributed by atoms with van der Waals surface area (Å²) in [6.07, 6.45) is 2.67. The predicted molar refractivity (Wildman–Crippen MR) is 158 cm³/mol. The Kier molecular flexibility index (Phi) is 8.30. The van der Waals surface area contributed by atoms with E-state index in [0.717, 1.165) is 11.1 Å². The van der Waals surface area contributed by atoms with Crippen molar-refractivity contribution < 1.29 is 19.1 Å². The molecule has 0 saturated carbocycles. The summed E-state index contributed by atoms with van der Waals surface area (Å²) in [5.74, 6) is -0.288. The Balaban J connectivity index is 1.58. The molecule has 0 radical (unpaired) electrons. The highest BCUT2D eigenvalue weighted by Crippen LogP contribution is 2.42. The van der Waals surface area contributed by atoms with E-state index in [1.807, 2.05) is 41.0 Å². The van der Waals surface area contributed by atoms with Crippen molar-refractivity contribution in [1.29, 1.82) is 0 Å². The number of benzene rings is 2. The maximum Gasteiger partial charge on any atom is 0.225 e. The minimum Gasteiger partial charge on any atom is -0.512 e. The molecule has 5 rings (SSSR count). The van der Waals surface area contributed by atoms with Gasteiger partial charge in [0, 0.05) is 88.0 Å². The molecule has 2 aromatic carbocycles. The number of aromatic nitrogens is 2. The number of nitrogens with zero attached hydrogens (tertiary/aromatic N) is 5. The second-order valence-electron chi connectivity index (χ2n) is 10.6. The second kappa shape index (κ2) is 11.9. The van der Waals surface area contributed by atoms with Crippen molar-refractivity contribution in [2.45, 2.75) is 32.1 Å². The maximum absolute atomic E-state index is 16.6. The van der Waals surface area contributed by atoms with Crippen molar-refractivity contribution in [3.63, 3.8) is 0 Å². The summed E-state index contributed by atoms with van der Waals surface area (Å²) >= 11 is 6.80. The van der Waals surface area contributed by atoms with E-state index in [-0.39, 0.29) is 52.6 Å². The van der Waals surface area contributed by atoms with Crippen LogP contribution in [0.25, 0.3) is 10.9 Å². The largest absolute Gasteiger partial charge is 0.512 e. The molecule has 0 unspecified atom stereocenters. The zero-order valence-electron chi connectivity index (χ0n) is 23.5. The zero-order chi connectivity index (χ0) is 29.3. The van der Waals surface area contributed by atoms with Crippen LogP contribution >= 0.6 is 11.6 Å². The van der Waals surface area contributed by atoms with E-state index in [1.165, 1.54) is 4.90 Å². The van der Waals surface area contributed by atoms with Crippen LogP contribution in [0.15, 0.2) is 42.2 Å². The van der Waals surface area contributed by atoms with Crippen molar-refractivity contribution in [2.24, 2.45) is 0 Å². The molecule has 1 aliphatic heterocycles. The van der Waals surface area contributed by atoms with Crippen LogP contribution < -0.4 is 10.2 Å². The molecule has 216 valence electrons. The summed E-state index contributed by atoms with van der Waals surface area (Å²) in [5.41, 5.74) is 2.11. The average molecular weight is 581 g/mol. The number of hydrogen-bond acceptors (Lipinski definition) is 7. The highest BCUT2D eigenvalue weighted by Gasteiger charge is 2.30. The highest BCUT2D eigenvalue weighted by molar-refractivity contribution is 6.32.